The molecule has 4 heterocycles. The summed E-state index contributed by atoms with van der Waals surface area (Å²) in [6, 6.07) is 7.60. The van der Waals surface area contributed by atoms with Crippen molar-refractivity contribution in [2.24, 2.45) is 11.8 Å². The van der Waals surface area contributed by atoms with Crippen LogP contribution in [-0.2, 0) is 19.5 Å². The van der Waals surface area contributed by atoms with E-state index in [1.807, 2.05) is 35.4 Å². The van der Waals surface area contributed by atoms with Crippen molar-refractivity contribution < 1.29 is 9.21 Å². The lowest BCUT2D eigenvalue weighted by molar-refractivity contribution is 0.205. The van der Waals surface area contributed by atoms with Gasteiger partial charge in [-0.2, -0.15) is 0 Å². The number of likely N-dealkylation sites (tertiary alicyclic amines) is 1. The number of carbonyl (C=O) groups is 1. The van der Waals surface area contributed by atoms with Crippen LogP contribution in [0.15, 0.2) is 41.1 Å². The van der Waals surface area contributed by atoms with Gasteiger partial charge in [-0.05, 0) is 42.5 Å². The molecule has 4 rings (SSSR count). The van der Waals surface area contributed by atoms with Gasteiger partial charge < -0.3 is 19.2 Å². The first kappa shape index (κ1) is 18.5. The molecule has 1 N–H and O–H groups in total. The molecule has 1 atom stereocenters. The number of rotatable bonds is 6. The molecule has 2 amide bonds. The monoisotopic (exact) mass is 381 g/mol. The first-order valence-electron chi connectivity index (χ1n) is 9.95. The molecule has 28 heavy (non-hydrogen) atoms. The fourth-order valence-electron chi connectivity index (χ4n) is 3.85. The number of fused-ring (bicyclic) bond motifs is 1. The Morgan fingerprint density at radius 2 is 2.25 bits per heavy atom. The number of urea groups is 1. The van der Waals surface area contributed by atoms with Gasteiger partial charge in [0.1, 0.15) is 17.1 Å². The van der Waals surface area contributed by atoms with Gasteiger partial charge in [0.05, 0.1) is 12.8 Å². The molecule has 148 valence electrons. The van der Waals surface area contributed by atoms with Crippen LogP contribution in [0.5, 0.6) is 0 Å². The molecule has 1 aliphatic rings. The minimum absolute atomic E-state index is 0.0312. The molecule has 7 nitrogen and oxygen atoms in total. The van der Waals surface area contributed by atoms with Crippen LogP contribution in [0.1, 0.15) is 31.9 Å². The number of hydrogen-bond donors (Lipinski definition) is 1. The Morgan fingerprint density at radius 1 is 1.36 bits per heavy atom. The summed E-state index contributed by atoms with van der Waals surface area (Å²) in [5, 5.41) is 2.93. The lowest BCUT2D eigenvalue weighted by Gasteiger charge is -2.17. The lowest BCUT2D eigenvalue weighted by Crippen LogP contribution is -2.38. The number of nitrogens with one attached hydrogen (secondary N) is 1. The third-order valence-corrected chi connectivity index (χ3v) is 5.17. The summed E-state index contributed by atoms with van der Waals surface area (Å²) in [6.45, 7) is 7.27. The Balaban J connectivity index is 1.40. The van der Waals surface area contributed by atoms with Gasteiger partial charge in [-0.25, -0.2) is 14.8 Å². The average Bonchev–Trinajstić information content (AvgIpc) is 3.41. The van der Waals surface area contributed by atoms with Crippen molar-refractivity contribution in [3.63, 3.8) is 0 Å². The van der Waals surface area contributed by atoms with Crippen LogP contribution < -0.4 is 5.32 Å². The highest BCUT2D eigenvalue weighted by Crippen LogP contribution is 2.23. The summed E-state index contributed by atoms with van der Waals surface area (Å²) in [4.78, 5) is 23.7. The second-order valence-corrected chi connectivity index (χ2v) is 7.92. The van der Waals surface area contributed by atoms with Gasteiger partial charge in [-0.15, -0.1) is 0 Å². The van der Waals surface area contributed by atoms with Crippen LogP contribution in [0, 0.1) is 11.8 Å². The molecule has 1 saturated heterocycles. The highest BCUT2D eigenvalue weighted by molar-refractivity contribution is 5.74. The molecule has 0 spiro atoms. The van der Waals surface area contributed by atoms with E-state index >= 15 is 0 Å². The molecule has 7 heteroatoms. The number of imidazole rings is 1. The van der Waals surface area contributed by atoms with E-state index in [2.05, 4.69) is 28.7 Å². The summed E-state index contributed by atoms with van der Waals surface area (Å²) in [7, 11) is 0. The Bertz CT molecular complexity index is 932. The Hall–Kier alpha value is -2.83. The summed E-state index contributed by atoms with van der Waals surface area (Å²) in [5.41, 5.74) is 1.90. The van der Waals surface area contributed by atoms with E-state index in [-0.39, 0.29) is 6.03 Å². The second-order valence-electron chi connectivity index (χ2n) is 7.92. The summed E-state index contributed by atoms with van der Waals surface area (Å²) in [6.07, 6.45) is 5.30. The van der Waals surface area contributed by atoms with Crippen molar-refractivity contribution in [1.29, 1.82) is 0 Å². The summed E-state index contributed by atoms with van der Waals surface area (Å²) < 4.78 is 7.52. The maximum Gasteiger partial charge on any atom is 0.317 e. The third kappa shape index (κ3) is 4.03. The number of hydrogen-bond acceptors (Lipinski definition) is 4. The number of aromatic nitrogens is 3. The molecular weight excluding hydrogens is 354 g/mol. The van der Waals surface area contributed by atoms with Gasteiger partial charge in [0, 0.05) is 32.3 Å². The van der Waals surface area contributed by atoms with Crippen molar-refractivity contribution >= 4 is 17.2 Å². The molecular formula is C21H27N5O2. The molecule has 0 aromatic carbocycles. The average molecular weight is 381 g/mol. The van der Waals surface area contributed by atoms with Gasteiger partial charge in [-0.3, -0.25) is 0 Å². The van der Waals surface area contributed by atoms with Crippen LogP contribution in [-0.4, -0.2) is 38.6 Å². The zero-order valence-electron chi connectivity index (χ0n) is 16.5. The maximum absolute atomic E-state index is 12.4. The molecule has 0 radical (unpaired) electrons. The van der Waals surface area contributed by atoms with Gasteiger partial charge in [0.15, 0.2) is 5.65 Å². The van der Waals surface area contributed by atoms with Crippen LogP contribution in [0.4, 0.5) is 4.79 Å². The number of amides is 2. The first-order chi connectivity index (χ1) is 13.6. The van der Waals surface area contributed by atoms with E-state index < -0.39 is 0 Å². The number of pyridine rings is 1. The van der Waals surface area contributed by atoms with Crippen LogP contribution in [0.25, 0.3) is 11.2 Å². The SMILES string of the molecule is CC(C)Cn1c(CC2CCN(C(=O)NCc3ccco3)C2)nc2cccnc21. The van der Waals surface area contributed by atoms with E-state index in [0.717, 1.165) is 55.2 Å². The van der Waals surface area contributed by atoms with Gasteiger partial charge in [-0.1, -0.05) is 13.8 Å². The largest absolute Gasteiger partial charge is 0.467 e. The van der Waals surface area contributed by atoms with Crippen molar-refractivity contribution in [2.75, 3.05) is 13.1 Å². The van der Waals surface area contributed by atoms with Crippen LogP contribution in [0.2, 0.25) is 0 Å². The number of furan rings is 1. The Kier molecular flexibility index (Phi) is 5.32. The smallest absolute Gasteiger partial charge is 0.317 e. The Morgan fingerprint density at radius 3 is 3.04 bits per heavy atom. The third-order valence-electron chi connectivity index (χ3n) is 5.17. The predicted octanol–water partition coefficient (Wildman–Crippen LogP) is 3.45. The zero-order valence-corrected chi connectivity index (χ0v) is 16.5. The molecule has 1 unspecified atom stereocenters. The van der Waals surface area contributed by atoms with Crippen molar-refractivity contribution in [1.82, 2.24) is 24.8 Å². The molecule has 0 aliphatic carbocycles. The first-order valence-corrected chi connectivity index (χ1v) is 9.95. The standard InChI is InChI=1S/C21H27N5O2/c1-15(2)13-26-19(24-18-6-3-8-22-20(18)26)11-16-7-9-25(14-16)21(27)23-12-17-5-4-10-28-17/h3-6,8,10,15-16H,7,9,11-14H2,1-2H3,(H,23,27). The predicted molar refractivity (Wildman–Crippen MR) is 107 cm³/mol. The van der Waals surface area contributed by atoms with Crippen molar-refractivity contribution in [2.45, 2.75) is 39.8 Å². The Labute approximate surface area is 164 Å². The van der Waals surface area contributed by atoms with Crippen molar-refractivity contribution in [3.8, 4) is 0 Å². The number of carbonyl (C=O) groups excluding carboxylic acids is 1. The minimum Gasteiger partial charge on any atom is -0.467 e. The maximum atomic E-state index is 12.4. The van der Waals surface area contributed by atoms with Gasteiger partial charge in [0.2, 0.25) is 0 Å². The quantitative estimate of drug-likeness (QED) is 0.709. The molecule has 0 saturated carbocycles. The van der Waals surface area contributed by atoms with Crippen molar-refractivity contribution in [3.05, 3.63) is 48.3 Å². The summed E-state index contributed by atoms with van der Waals surface area (Å²) >= 11 is 0. The lowest BCUT2D eigenvalue weighted by atomic mass is 10.0. The van der Waals surface area contributed by atoms with E-state index in [9.17, 15) is 4.79 Å². The van der Waals surface area contributed by atoms with Gasteiger partial charge in [0.25, 0.3) is 0 Å². The second kappa shape index (κ2) is 8.04. The number of nitrogens with zero attached hydrogens (tertiary/aromatic N) is 4. The fourth-order valence-corrected chi connectivity index (χ4v) is 3.85. The fraction of sp³-hybridized carbons (Fsp3) is 0.476. The molecule has 3 aromatic heterocycles. The van der Waals surface area contributed by atoms with E-state index in [4.69, 9.17) is 9.40 Å². The highest BCUT2D eigenvalue weighted by Gasteiger charge is 2.28. The molecule has 1 fully saturated rings. The van der Waals surface area contributed by atoms with E-state index in [1.165, 1.54) is 0 Å². The molecule has 1 aliphatic heterocycles. The van der Waals surface area contributed by atoms with E-state index in [1.54, 1.807) is 6.26 Å². The summed E-state index contributed by atoms with van der Waals surface area (Å²) in [5.74, 6) is 2.77. The minimum atomic E-state index is -0.0312. The highest BCUT2D eigenvalue weighted by atomic mass is 16.3. The van der Waals surface area contributed by atoms with Gasteiger partial charge >= 0.3 is 6.03 Å². The molecule has 0 bridgehead atoms. The van der Waals surface area contributed by atoms with E-state index in [0.29, 0.717) is 18.4 Å². The molecule has 3 aromatic rings. The van der Waals surface area contributed by atoms with Crippen LogP contribution >= 0.6 is 0 Å². The normalized spacial score (nSPS) is 17.0. The topological polar surface area (TPSA) is 76.2 Å². The zero-order chi connectivity index (χ0) is 19.5. The van der Waals surface area contributed by atoms with Crippen LogP contribution in [0.3, 0.4) is 0 Å².